The van der Waals surface area contributed by atoms with Gasteiger partial charge in [0.25, 0.3) is 5.69 Å². The fourth-order valence-corrected chi connectivity index (χ4v) is 1.88. The van der Waals surface area contributed by atoms with E-state index < -0.39 is 21.8 Å². The maximum absolute atomic E-state index is 10.9. The Kier molecular flexibility index (Phi) is 3.81. The van der Waals surface area contributed by atoms with Crippen molar-refractivity contribution in [1.82, 2.24) is 9.78 Å². The van der Waals surface area contributed by atoms with Crippen molar-refractivity contribution in [2.45, 2.75) is 12.6 Å². The SMILES string of the molecule is O=[N+]([O-])c1ccc2c(c1)c([N+](=O)[O-])nn2CC(O)CCl. The van der Waals surface area contributed by atoms with Crippen LogP contribution in [-0.4, -0.2) is 36.7 Å². The normalized spacial score (nSPS) is 12.5. The fraction of sp³-hybridized carbons (Fsp3) is 0.300. The molecule has 1 aromatic heterocycles. The Morgan fingerprint density at radius 3 is 2.60 bits per heavy atom. The number of rotatable bonds is 5. The molecule has 1 heterocycles. The van der Waals surface area contributed by atoms with Gasteiger partial charge in [-0.1, -0.05) is 0 Å². The Morgan fingerprint density at radius 1 is 1.35 bits per heavy atom. The third-order valence-corrected chi connectivity index (χ3v) is 3.02. The molecule has 0 amide bonds. The molecule has 0 radical (unpaired) electrons. The number of nitrogens with zero attached hydrogens (tertiary/aromatic N) is 4. The number of alkyl halides is 1. The summed E-state index contributed by atoms with van der Waals surface area (Å²) in [7, 11) is 0. The van der Waals surface area contributed by atoms with Gasteiger partial charge in [0.15, 0.2) is 0 Å². The molecule has 0 aliphatic rings. The minimum Gasteiger partial charge on any atom is -0.390 e. The summed E-state index contributed by atoms with van der Waals surface area (Å²) in [6.07, 6.45) is -0.922. The summed E-state index contributed by atoms with van der Waals surface area (Å²) in [6.45, 7) is -0.0361. The van der Waals surface area contributed by atoms with E-state index in [9.17, 15) is 25.3 Å². The summed E-state index contributed by atoms with van der Waals surface area (Å²) in [4.78, 5) is 20.3. The maximum atomic E-state index is 10.9. The molecule has 106 valence electrons. The molecule has 0 spiro atoms. The average molecular weight is 301 g/mol. The van der Waals surface area contributed by atoms with Gasteiger partial charge in [-0.05, 0) is 11.0 Å². The summed E-state index contributed by atoms with van der Waals surface area (Å²) in [5, 5.41) is 34.9. The average Bonchev–Trinajstić information content (AvgIpc) is 2.76. The van der Waals surface area contributed by atoms with Crippen LogP contribution in [0.1, 0.15) is 0 Å². The minimum absolute atomic E-state index is 0.0361. The quantitative estimate of drug-likeness (QED) is 0.506. The summed E-state index contributed by atoms with van der Waals surface area (Å²) in [6, 6.07) is 3.66. The minimum atomic E-state index is -0.922. The molecule has 20 heavy (non-hydrogen) atoms. The van der Waals surface area contributed by atoms with Crippen molar-refractivity contribution < 1.29 is 15.0 Å². The summed E-state index contributed by atoms with van der Waals surface area (Å²) < 4.78 is 1.21. The molecule has 1 aromatic carbocycles. The second-order valence-corrected chi connectivity index (χ2v) is 4.34. The van der Waals surface area contributed by atoms with E-state index in [4.69, 9.17) is 11.6 Å². The number of non-ortho nitro benzene ring substituents is 1. The van der Waals surface area contributed by atoms with E-state index in [0.717, 1.165) is 6.07 Å². The zero-order valence-corrected chi connectivity index (χ0v) is 10.7. The van der Waals surface area contributed by atoms with Gasteiger partial charge in [0.1, 0.15) is 5.39 Å². The lowest BCUT2D eigenvalue weighted by Crippen LogP contribution is -2.18. The van der Waals surface area contributed by atoms with Gasteiger partial charge in [-0.15, -0.1) is 11.6 Å². The number of nitro benzene ring substituents is 1. The molecule has 1 N–H and O–H groups in total. The highest BCUT2D eigenvalue weighted by Gasteiger charge is 2.24. The third kappa shape index (κ3) is 2.53. The number of aliphatic hydroxyl groups excluding tert-OH is 1. The molecule has 1 unspecified atom stereocenters. The molecule has 0 fully saturated rings. The van der Waals surface area contributed by atoms with Crippen LogP contribution in [-0.2, 0) is 6.54 Å². The number of benzene rings is 1. The molecule has 0 saturated heterocycles. The number of halogens is 1. The van der Waals surface area contributed by atoms with Crippen LogP contribution < -0.4 is 0 Å². The first kappa shape index (κ1) is 14.2. The molecule has 0 aliphatic carbocycles. The number of aromatic nitrogens is 2. The molecule has 2 rings (SSSR count). The van der Waals surface area contributed by atoms with Gasteiger partial charge < -0.3 is 15.2 Å². The predicted octanol–water partition coefficient (Wildman–Crippen LogP) is 1.45. The molecule has 9 nitrogen and oxygen atoms in total. The largest absolute Gasteiger partial charge is 0.398 e. The van der Waals surface area contributed by atoms with Gasteiger partial charge in [-0.3, -0.25) is 10.1 Å². The number of nitro groups is 2. The van der Waals surface area contributed by atoms with E-state index in [-0.39, 0.29) is 23.5 Å². The molecule has 2 aromatic rings. The van der Waals surface area contributed by atoms with Crippen molar-refractivity contribution in [2.24, 2.45) is 0 Å². The van der Waals surface area contributed by atoms with Gasteiger partial charge in [0, 0.05) is 12.1 Å². The van der Waals surface area contributed by atoms with Gasteiger partial charge in [-0.25, -0.2) is 0 Å². The number of hydrogen-bond donors (Lipinski definition) is 1. The van der Waals surface area contributed by atoms with Crippen LogP contribution in [0.3, 0.4) is 0 Å². The van der Waals surface area contributed by atoms with Gasteiger partial charge >= 0.3 is 5.82 Å². The van der Waals surface area contributed by atoms with E-state index in [1.54, 1.807) is 0 Å². The first-order chi connectivity index (χ1) is 9.43. The Balaban J connectivity index is 2.61. The van der Waals surface area contributed by atoms with Crippen LogP contribution in [0, 0.1) is 20.2 Å². The van der Waals surface area contributed by atoms with E-state index >= 15 is 0 Å². The standard InChI is InChI=1S/C10H9ClN4O5/c11-4-7(16)5-13-9-2-1-6(14(17)18)3-8(9)10(12-13)15(19)20/h1-3,7,16H,4-5H2. The lowest BCUT2D eigenvalue weighted by molar-refractivity contribution is -0.388. The molecule has 0 saturated carbocycles. The number of hydrogen-bond acceptors (Lipinski definition) is 6. The van der Waals surface area contributed by atoms with Crippen molar-refractivity contribution in [2.75, 3.05) is 5.88 Å². The van der Waals surface area contributed by atoms with Gasteiger partial charge in [0.2, 0.25) is 0 Å². The van der Waals surface area contributed by atoms with Crippen LogP contribution in [0.5, 0.6) is 0 Å². The maximum Gasteiger partial charge on any atom is 0.398 e. The Bertz CT molecular complexity index is 686. The Hall–Kier alpha value is -2.26. The van der Waals surface area contributed by atoms with Crippen molar-refractivity contribution in [3.63, 3.8) is 0 Å². The van der Waals surface area contributed by atoms with Crippen molar-refractivity contribution in [1.29, 1.82) is 0 Å². The molecular formula is C10H9ClN4O5. The highest BCUT2D eigenvalue weighted by Crippen LogP contribution is 2.28. The lowest BCUT2D eigenvalue weighted by Gasteiger charge is -2.03. The summed E-state index contributed by atoms with van der Waals surface area (Å²) in [5.74, 6) is -0.548. The van der Waals surface area contributed by atoms with Crippen LogP contribution in [0.2, 0.25) is 0 Å². The third-order valence-electron chi connectivity index (χ3n) is 2.66. The Labute approximate surface area is 116 Å². The zero-order chi connectivity index (χ0) is 14.9. The second-order valence-electron chi connectivity index (χ2n) is 4.03. The Morgan fingerprint density at radius 2 is 2.05 bits per heavy atom. The molecule has 0 aliphatic heterocycles. The predicted molar refractivity (Wildman–Crippen MR) is 69.8 cm³/mol. The first-order valence-corrected chi connectivity index (χ1v) is 6.01. The van der Waals surface area contributed by atoms with Crippen LogP contribution in [0.15, 0.2) is 18.2 Å². The summed E-state index contributed by atoms with van der Waals surface area (Å²) in [5.41, 5.74) is 0.0597. The smallest absolute Gasteiger partial charge is 0.390 e. The first-order valence-electron chi connectivity index (χ1n) is 5.47. The second kappa shape index (κ2) is 5.39. The van der Waals surface area contributed by atoms with E-state index in [0.29, 0.717) is 5.52 Å². The van der Waals surface area contributed by atoms with Crippen molar-refractivity contribution in [3.05, 3.63) is 38.4 Å². The van der Waals surface area contributed by atoms with Crippen molar-refractivity contribution in [3.8, 4) is 0 Å². The highest BCUT2D eigenvalue weighted by atomic mass is 35.5. The topological polar surface area (TPSA) is 124 Å². The molecule has 10 heteroatoms. The van der Waals surface area contributed by atoms with E-state index in [1.807, 2.05) is 0 Å². The molecule has 1 atom stereocenters. The zero-order valence-electron chi connectivity index (χ0n) is 9.97. The molecule has 0 bridgehead atoms. The fourth-order valence-electron chi connectivity index (χ4n) is 1.79. The van der Waals surface area contributed by atoms with Gasteiger partial charge in [0.05, 0.1) is 34.1 Å². The van der Waals surface area contributed by atoms with Crippen molar-refractivity contribution >= 4 is 34.0 Å². The van der Waals surface area contributed by atoms with Crippen LogP contribution in [0.25, 0.3) is 10.9 Å². The lowest BCUT2D eigenvalue weighted by atomic mass is 10.2. The monoisotopic (exact) mass is 300 g/mol. The van der Waals surface area contributed by atoms with Gasteiger partial charge in [-0.2, -0.15) is 4.68 Å². The van der Waals surface area contributed by atoms with E-state index in [1.165, 1.54) is 16.8 Å². The van der Waals surface area contributed by atoms with Crippen LogP contribution >= 0.6 is 11.6 Å². The number of fused-ring (bicyclic) bond motifs is 1. The molecular weight excluding hydrogens is 292 g/mol. The van der Waals surface area contributed by atoms with Crippen LogP contribution in [0.4, 0.5) is 11.5 Å². The summed E-state index contributed by atoms with van der Waals surface area (Å²) >= 11 is 5.47. The number of aliphatic hydroxyl groups is 1. The highest BCUT2D eigenvalue weighted by molar-refractivity contribution is 6.18. The van der Waals surface area contributed by atoms with E-state index in [2.05, 4.69) is 5.10 Å².